The number of nitrogens with one attached hydrogen (secondary N) is 2. The van der Waals surface area contributed by atoms with Crippen LogP contribution < -0.4 is 5.32 Å². The summed E-state index contributed by atoms with van der Waals surface area (Å²) in [6.07, 6.45) is 5.75. The summed E-state index contributed by atoms with van der Waals surface area (Å²) < 4.78 is 16.0. The topological polar surface area (TPSA) is 63.6 Å². The summed E-state index contributed by atoms with van der Waals surface area (Å²) >= 11 is 0. The molecule has 0 aromatic heterocycles. The number of rotatable bonds is 7. The Kier molecular flexibility index (Phi) is 5.41. The van der Waals surface area contributed by atoms with Gasteiger partial charge in [-0.3, -0.25) is 5.41 Å². The van der Waals surface area contributed by atoms with E-state index in [1.54, 1.807) is 7.11 Å². The SMILES string of the molecule is COCCC(=N)OCCOC1CC2CC[C@@H](C1)N2. The molecule has 0 aromatic rings. The van der Waals surface area contributed by atoms with Crippen LogP contribution in [-0.4, -0.2) is 51.0 Å². The molecule has 2 saturated heterocycles. The normalized spacial score (nSPS) is 30.4. The van der Waals surface area contributed by atoms with Crippen LogP contribution >= 0.6 is 0 Å². The van der Waals surface area contributed by atoms with E-state index >= 15 is 0 Å². The second-order valence-electron chi connectivity index (χ2n) is 5.12. The molecule has 2 unspecified atom stereocenters. The molecule has 104 valence electrons. The fraction of sp³-hybridized carbons (Fsp3) is 0.923. The minimum absolute atomic E-state index is 0.283. The molecule has 0 radical (unpaired) electrons. The number of fused-ring (bicyclic) bond motifs is 2. The van der Waals surface area contributed by atoms with E-state index in [1.807, 2.05) is 0 Å². The van der Waals surface area contributed by atoms with Gasteiger partial charge >= 0.3 is 0 Å². The van der Waals surface area contributed by atoms with Gasteiger partial charge in [-0.25, -0.2) is 0 Å². The Balaban J connectivity index is 1.52. The van der Waals surface area contributed by atoms with E-state index in [0.29, 0.717) is 44.4 Å². The highest BCUT2D eigenvalue weighted by Crippen LogP contribution is 2.28. The van der Waals surface area contributed by atoms with E-state index < -0.39 is 0 Å². The highest BCUT2D eigenvalue weighted by Gasteiger charge is 2.33. The lowest BCUT2D eigenvalue weighted by Crippen LogP contribution is -2.41. The molecular formula is C13H24N2O3. The van der Waals surface area contributed by atoms with Crippen molar-refractivity contribution in [2.24, 2.45) is 0 Å². The summed E-state index contributed by atoms with van der Waals surface area (Å²) in [5.74, 6) is 0.283. The zero-order valence-corrected chi connectivity index (χ0v) is 11.1. The van der Waals surface area contributed by atoms with Gasteiger partial charge in [0.15, 0.2) is 5.90 Å². The van der Waals surface area contributed by atoms with Crippen LogP contribution in [0.4, 0.5) is 0 Å². The van der Waals surface area contributed by atoms with Crippen molar-refractivity contribution < 1.29 is 14.2 Å². The number of piperidine rings is 1. The quantitative estimate of drug-likeness (QED) is 0.409. The maximum absolute atomic E-state index is 7.52. The molecule has 2 rings (SSSR count). The molecule has 2 heterocycles. The first-order valence-electron chi connectivity index (χ1n) is 6.84. The van der Waals surface area contributed by atoms with Crippen LogP contribution in [0, 0.1) is 5.41 Å². The summed E-state index contributed by atoms with van der Waals surface area (Å²) in [6.45, 7) is 1.60. The zero-order chi connectivity index (χ0) is 12.8. The smallest absolute Gasteiger partial charge is 0.182 e. The Bertz CT molecular complexity index is 261. The van der Waals surface area contributed by atoms with Crippen molar-refractivity contribution in [3.05, 3.63) is 0 Å². The largest absolute Gasteiger partial charge is 0.479 e. The summed E-state index contributed by atoms with van der Waals surface area (Å²) in [7, 11) is 1.63. The molecular weight excluding hydrogens is 232 g/mol. The van der Waals surface area contributed by atoms with E-state index in [1.165, 1.54) is 12.8 Å². The summed E-state index contributed by atoms with van der Waals surface area (Å²) in [5, 5.41) is 11.1. The van der Waals surface area contributed by atoms with Crippen molar-refractivity contribution >= 4 is 5.90 Å². The van der Waals surface area contributed by atoms with Gasteiger partial charge in [0.05, 0.1) is 19.3 Å². The van der Waals surface area contributed by atoms with Crippen LogP contribution in [0.5, 0.6) is 0 Å². The van der Waals surface area contributed by atoms with Gasteiger partial charge in [0.1, 0.15) is 6.61 Å². The summed E-state index contributed by atoms with van der Waals surface area (Å²) in [4.78, 5) is 0. The Hall–Kier alpha value is -0.650. The van der Waals surface area contributed by atoms with Crippen molar-refractivity contribution in [1.29, 1.82) is 5.41 Å². The molecule has 2 N–H and O–H groups in total. The molecule has 3 atom stereocenters. The van der Waals surface area contributed by atoms with Gasteiger partial charge in [-0.05, 0) is 25.7 Å². The minimum atomic E-state index is 0.283. The van der Waals surface area contributed by atoms with Gasteiger partial charge in [-0.15, -0.1) is 0 Å². The predicted octanol–water partition coefficient (Wildman–Crippen LogP) is 1.32. The van der Waals surface area contributed by atoms with Gasteiger partial charge < -0.3 is 19.5 Å². The second kappa shape index (κ2) is 7.07. The van der Waals surface area contributed by atoms with Crippen LogP contribution in [-0.2, 0) is 14.2 Å². The molecule has 5 nitrogen and oxygen atoms in total. The average Bonchev–Trinajstić information content (AvgIpc) is 2.71. The maximum Gasteiger partial charge on any atom is 0.182 e. The van der Waals surface area contributed by atoms with Crippen LogP contribution in [0.25, 0.3) is 0 Å². The molecule has 18 heavy (non-hydrogen) atoms. The van der Waals surface area contributed by atoms with E-state index in [4.69, 9.17) is 19.6 Å². The van der Waals surface area contributed by atoms with Gasteiger partial charge in [-0.2, -0.15) is 0 Å². The highest BCUT2D eigenvalue weighted by atomic mass is 16.5. The number of hydrogen-bond acceptors (Lipinski definition) is 5. The van der Waals surface area contributed by atoms with Crippen molar-refractivity contribution in [1.82, 2.24) is 5.32 Å². The third-order valence-corrected chi connectivity index (χ3v) is 3.68. The van der Waals surface area contributed by atoms with Crippen LogP contribution in [0.3, 0.4) is 0 Å². The average molecular weight is 256 g/mol. The first kappa shape index (κ1) is 13.8. The molecule has 0 amide bonds. The Morgan fingerprint density at radius 1 is 1.17 bits per heavy atom. The van der Waals surface area contributed by atoms with E-state index in [2.05, 4.69) is 5.32 Å². The van der Waals surface area contributed by atoms with Crippen LogP contribution in [0.2, 0.25) is 0 Å². The first-order chi connectivity index (χ1) is 8.78. The van der Waals surface area contributed by atoms with Crippen molar-refractivity contribution in [3.63, 3.8) is 0 Å². The molecule has 0 aliphatic carbocycles. The predicted molar refractivity (Wildman–Crippen MR) is 69.1 cm³/mol. The highest BCUT2D eigenvalue weighted by molar-refractivity contribution is 5.72. The third-order valence-electron chi connectivity index (χ3n) is 3.68. The van der Waals surface area contributed by atoms with Gasteiger partial charge in [0, 0.05) is 25.6 Å². The Morgan fingerprint density at radius 3 is 2.56 bits per heavy atom. The maximum atomic E-state index is 7.52. The molecule has 0 spiro atoms. The summed E-state index contributed by atoms with van der Waals surface area (Å²) in [6, 6.07) is 1.32. The zero-order valence-electron chi connectivity index (χ0n) is 11.1. The van der Waals surface area contributed by atoms with Gasteiger partial charge in [0.25, 0.3) is 0 Å². The molecule has 0 saturated carbocycles. The van der Waals surface area contributed by atoms with E-state index in [-0.39, 0.29) is 5.90 Å². The fourth-order valence-corrected chi connectivity index (χ4v) is 2.79. The fourth-order valence-electron chi connectivity index (χ4n) is 2.79. The van der Waals surface area contributed by atoms with Crippen molar-refractivity contribution in [2.45, 2.75) is 50.3 Å². The molecule has 2 fully saturated rings. The molecule has 0 aromatic carbocycles. The van der Waals surface area contributed by atoms with Gasteiger partial charge in [-0.1, -0.05) is 0 Å². The molecule has 5 heteroatoms. The third kappa shape index (κ3) is 4.23. The molecule has 2 aliphatic rings. The van der Waals surface area contributed by atoms with Crippen molar-refractivity contribution in [3.8, 4) is 0 Å². The lowest BCUT2D eigenvalue weighted by atomic mass is 10.0. The van der Waals surface area contributed by atoms with E-state index in [0.717, 1.165) is 12.8 Å². The van der Waals surface area contributed by atoms with Crippen molar-refractivity contribution in [2.75, 3.05) is 26.9 Å². The standard InChI is InChI=1S/C13H24N2O3/c1-16-5-4-13(14)18-7-6-17-12-8-10-2-3-11(9-12)15-10/h10-12,14-15H,2-9H2,1H3/t10-,11?,12?/m0/s1. The molecule has 2 aliphatic heterocycles. The van der Waals surface area contributed by atoms with Gasteiger partial charge in [0.2, 0.25) is 0 Å². The summed E-state index contributed by atoms with van der Waals surface area (Å²) in [5.41, 5.74) is 0. The van der Waals surface area contributed by atoms with E-state index in [9.17, 15) is 0 Å². The second-order valence-corrected chi connectivity index (χ2v) is 5.12. The van der Waals surface area contributed by atoms with Crippen LogP contribution in [0.15, 0.2) is 0 Å². The number of methoxy groups -OCH3 is 1. The lowest BCUT2D eigenvalue weighted by Gasteiger charge is -2.29. The first-order valence-corrected chi connectivity index (χ1v) is 6.84. The Labute approximate surface area is 109 Å². The number of hydrogen-bond donors (Lipinski definition) is 2. The monoisotopic (exact) mass is 256 g/mol. The Morgan fingerprint density at radius 2 is 1.89 bits per heavy atom. The van der Waals surface area contributed by atoms with Crippen LogP contribution in [0.1, 0.15) is 32.1 Å². The molecule has 2 bridgehead atoms. The number of ether oxygens (including phenoxy) is 3. The lowest BCUT2D eigenvalue weighted by molar-refractivity contribution is 0.00352. The minimum Gasteiger partial charge on any atom is -0.479 e.